The Morgan fingerprint density at radius 1 is 1.45 bits per heavy atom. The van der Waals surface area contributed by atoms with Crippen molar-refractivity contribution in [3.8, 4) is 11.6 Å². The molecule has 0 bridgehead atoms. The lowest BCUT2D eigenvalue weighted by Gasteiger charge is -2.35. The van der Waals surface area contributed by atoms with E-state index in [1.165, 1.54) is 0 Å². The molecule has 0 atom stereocenters. The van der Waals surface area contributed by atoms with E-state index in [0.29, 0.717) is 17.4 Å². The molecule has 0 aliphatic heterocycles. The number of methoxy groups -OCH3 is 1. The number of imidazole rings is 1. The Kier molecular flexibility index (Phi) is 2.91. The van der Waals surface area contributed by atoms with E-state index in [1.54, 1.807) is 13.3 Å². The SMILES string of the molecule is COC(C)(C)c1noc(-c2cnc(C3(N)CCC3)[nH]2)n1. The molecule has 2 heterocycles. The third-order valence-electron chi connectivity index (χ3n) is 4.00. The smallest absolute Gasteiger partial charge is 0.276 e. The standard InChI is InChI=1S/C13H19N5O2/c1-12(2,19-3)10-17-9(20-18-10)8-7-15-11(16-8)13(14)5-4-6-13/h7H,4-6,14H2,1-3H3,(H,15,16). The Balaban J connectivity index is 1.87. The van der Waals surface area contributed by atoms with Gasteiger partial charge in [0.1, 0.15) is 17.1 Å². The van der Waals surface area contributed by atoms with Gasteiger partial charge in [0.15, 0.2) is 0 Å². The number of nitrogens with zero attached hydrogens (tertiary/aromatic N) is 3. The fourth-order valence-electron chi connectivity index (χ4n) is 2.15. The maximum Gasteiger partial charge on any atom is 0.276 e. The van der Waals surface area contributed by atoms with E-state index in [2.05, 4.69) is 20.1 Å². The van der Waals surface area contributed by atoms with Gasteiger partial charge in [-0.3, -0.25) is 0 Å². The van der Waals surface area contributed by atoms with Gasteiger partial charge in [-0.15, -0.1) is 0 Å². The molecule has 1 fully saturated rings. The van der Waals surface area contributed by atoms with Gasteiger partial charge < -0.3 is 20.0 Å². The van der Waals surface area contributed by atoms with E-state index >= 15 is 0 Å². The minimum atomic E-state index is -0.590. The molecule has 7 nitrogen and oxygen atoms in total. The maximum absolute atomic E-state index is 6.23. The van der Waals surface area contributed by atoms with Crippen LogP contribution in [0.4, 0.5) is 0 Å². The average molecular weight is 277 g/mol. The Morgan fingerprint density at radius 3 is 2.80 bits per heavy atom. The van der Waals surface area contributed by atoms with Crippen LogP contribution in [-0.2, 0) is 15.9 Å². The zero-order chi connectivity index (χ0) is 14.4. The van der Waals surface area contributed by atoms with Gasteiger partial charge in [0.2, 0.25) is 5.82 Å². The number of nitrogens with two attached hydrogens (primary N) is 1. The topological polar surface area (TPSA) is 103 Å². The average Bonchev–Trinajstić information content (AvgIpc) is 3.04. The molecule has 2 aromatic heterocycles. The Bertz CT molecular complexity index is 564. The highest BCUT2D eigenvalue weighted by molar-refractivity contribution is 5.45. The van der Waals surface area contributed by atoms with Crippen molar-refractivity contribution in [1.82, 2.24) is 20.1 Å². The van der Waals surface area contributed by atoms with Gasteiger partial charge in [-0.25, -0.2) is 4.98 Å². The molecule has 3 rings (SSSR count). The van der Waals surface area contributed by atoms with Crippen molar-refractivity contribution < 1.29 is 9.26 Å². The van der Waals surface area contributed by atoms with Crippen LogP contribution in [0.15, 0.2) is 10.7 Å². The fourth-order valence-corrected chi connectivity index (χ4v) is 2.15. The molecule has 0 amide bonds. The highest BCUT2D eigenvalue weighted by Gasteiger charge is 2.37. The number of rotatable bonds is 4. The van der Waals surface area contributed by atoms with Crippen LogP contribution in [0.2, 0.25) is 0 Å². The fraction of sp³-hybridized carbons (Fsp3) is 0.615. The number of aromatic amines is 1. The Labute approximate surface area is 116 Å². The van der Waals surface area contributed by atoms with E-state index in [4.69, 9.17) is 15.0 Å². The Hall–Kier alpha value is -1.73. The molecule has 0 unspecified atom stereocenters. The summed E-state index contributed by atoms with van der Waals surface area (Å²) in [5, 5.41) is 3.95. The second kappa shape index (κ2) is 4.39. The minimum absolute atomic E-state index is 0.326. The van der Waals surface area contributed by atoms with Gasteiger partial charge in [-0.05, 0) is 33.1 Å². The largest absolute Gasteiger partial charge is 0.371 e. The summed E-state index contributed by atoms with van der Waals surface area (Å²) in [5.41, 5.74) is 6.00. The van der Waals surface area contributed by atoms with Crippen LogP contribution in [0.5, 0.6) is 0 Å². The van der Waals surface area contributed by atoms with Crippen molar-refractivity contribution in [1.29, 1.82) is 0 Å². The van der Waals surface area contributed by atoms with E-state index in [0.717, 1.165) is 25.1 Å². The minimum Gasteiger partial charge on any atom is -0.371 e. The summed E-state index contributed by atoms with van der Waals surface area (Å²) in [4.78, 5) is 11.9. The van der Waals surface area contributed by atoms with Crippen LogP contribution >= 0.6 is 0 Å². The molecule has 1 aliphatic carbocycles. The normalized spacial score (nSPS) is 18.0. The second-order valence-corrected chi connectivity index (χ2v) is 5.79. The number of ether oxygens (including phenoxy) is 1. The number of hydrogen-bond donors (Lipinski definition) is 2. The Morgan fingerprint density at radius 2 is 2.20 bits per heavy atom. The molecule has 3 N–H and O–H groups in total. The summed E-state index contributed by atoms with van der Waals surface area (Å²) >= 11 is 0. The molecule has 0 aromatic carbocycles. The summed E-state index contributed by atoms with van der Waals surface area (Å²) in [6.45, 7) is 3.76. The summed E-state index contributed by atoms with van der Waals surface area (Å²) in [6.07, 6.45) is 4.72. The van der Waals surface area contributed by atoms with Gasteiger partial charge in [0, 0.05) is 7.11 Å². The molecular weight excluding hydrogens is 258 g/mol. The third-order valence-corrected chi connectivity index (χ3v) is 4.00. The highest BCUT2D eigenvalue weighted by atomic mass is 16.5. The van der Waals surface area contributed by atoms with Crippen molar-refractivity contribution in [2.75, 3.05) is 7.11 Å². The van der Waals surface area contributed by atoms with Gasteiger partial charge in [-0.1, -0.05) is 5.16 Å². The number of H-pyrrole nitrogens is 1. The first kappa shape index (κ1) is 13.3. The number of nitrogens with one attached hydrogen (secondary N) is 1. The van der Waals surface area contributed by atoms with Gasteiger partial charge in [-0.2, -0.15) is 4.98 Å². The molecule has 7 heteroatoms. The lowest BCUT2D eigenvalue weighted by Crippen LogP contribution is -2.44. The van der Waals surface area contributed by atoms with Crippen molar-refractivity contribution in [3.63, 3.8) is 0 Å². The highest BCUT2D eigenvalue weighted by Crippen LogP contribution is 2.37. The predicted octanol–water partition coefficient (Wildman–Crippen LogP) is 1.68. The second-order valence-electron chi connectivity index (χ2n) is 5.79. The quantitative estimate of drug-likeness (QED) is 0.881. The molecule has 0 saturated heterocycles. The van der Waals surface area contributed by atoms with E-state index < -0.39 is 5.60 Å². The summed E-state index contributed by atoms with van der Waals surface area (Å²) < 4.78 is 10.6. The molecule has 108 valence electrons. The summed E-state index contributed by atoms with van der Waals surface area (Å²) in [5.74, 6) is 1.67. The van der Waals surface area contributed by atoms with Crippen molar-refractivity contribution in [2.24, 2.45) is 5.73 Å². The lowest BCUT2D eigenvalue weighted by molar-refractivity contribution is 0.00973. The van der Waals surface area contributed by atoms with E-state index in [9.17, 15) is 0 Å². The molecule has 20 heavy (non-hydrogen) atoms. The molecule has 1 aliphatic rings. The zero-order valence-electron chi connectivity index (χ0n) is 11.9. The van der Waals surface area contributed by atoms with E-state index in [-0.39, 0.29) is 5.54 Å². The maximum atomic E-state index is 6.23. The van der Waals surface area contributed by atoms with Crippen LogP contribution in [0, 0.1) is 0 Å². The number of hydrogen-bond acceptors (Lipinski definition) is 6. The molecule has 0 spiro atoms. The van der Waals surface area contributed by atoms with Gasteiger partial charge in [0.25, 0.3) is 5.89 Å². The predicted molar refractivity (Wildman–Crippen MR) is 71.6 cm³/mol. The van der Waals surface area contributed by atoms with Crippen LogP contribution in [0.3, 0.4) is 0 Å². The molecule has 0 radical (unpaired) electrons. The first-order valence-electron chi connectivity index (χ1n) is 6.69. The molecule has 1 saturated carbocycles. The third kappa shape index (κ3) is 2.03. The van der Waals surface area contributed by atoms with Crippen molar-refractivity contribution >= 4 is 0 Å². The van der Waals surface area contributed by atoms with Crippen LogP contribution < -0.4 is 5.73 Å². The summed E-state index contributed by atoms with van der Waals surface area (Å²) in [7, 11) is 1.61. The lowest BCUT2D eigenvalue weighted by atomic mass is 9.77. The van der Waals surface area contributed by atoms with E-state index in [1.807, 2.05) is 13.8 Å². The molecular formula is C13H19N5O2. The zero-order valence-corrected chi connectivity index (χ0v) is 11.9. The van der Waals surface area contributed by atoms with Gasteiger partial charge in [0.05, 0.1) is 11.7 Å². The first-order valence-corrected chi connectivity index (χ1v) is 6.69. The van der Waals surface area contributed by atoms with Crippen LogP contribution in [0.1, 0.15) is 44.8 Å². The summed E-state index contributed by atoms with van der Waals surface area (Å²) in [6, 6.07) is 0. The molecule has 2 aromatic rings. The van der Waals surface area contributed by atoms with Crippen LogP contribution in [-0.4, -0.2) is 27.2 Å². The first-order chi connectivity index (χ1) is 9.44. The monoisotopic (exact) mass is 277 g/mol. The van der Waals surface area contributed by atoms with Crippen molar-refractivity contribution in [2.45, 2.75) is 44.2 Å². The van der Waals surface area contributed by atoms with Gasteiger partial charge >= 0.3 is 0 Å². The van der Waals surface area contributed by atoms with Crippen molar-refractivity contribution in [3.05, 3.63) is 17.8 Å². The van der Waals surface area contributed by atoms with Crippen LogP contribution in [0.25, 0.3) is 11.6 Å². The number of aromatic nitrogens is 4.